The van der Waals surface area contributed by atoms with Crippen LogP contribution in [-0.2, 0) is 0 Å². The Morgan fingerprint density at radius 1 is 1.30 bits per heavy atom. The van der Waals surface area contributed by atoms with E-state index in [9.17, 15) is 0 Å². The maximum Gasteiger partial charge on any atom is 0.0992 e. The second-order valence-corrected chi connectivity index (χ2v) is 6.29. The Bertz CT molecular complexity index is 523. The van der Waals surface area contributed by atoms with Crippen molar-refractivity contribution >= 4 is 17.3 Å². The molecule has 2 fully saturated rings. The Labute approximate surface area is 125 Å². The number of nitrogens with zero attached hydrogens (tertiary/aromatic N) is 2. The summed E-state index contributed by atoms with van der Waals surface area (Å²) in [6, 6.07) is 9.61. The van der Waals surface area contributed by atoms with Gasteiger partial charge in [-0.05, 0) is 57.4 Å². The molecule has 20 heavy (non-hydrogen) atoms. The van der Waals surface area contributed by atoms with Crippen molar-refractivity contribution < 1.29 is 0 Å². The van der Waals surface area contributed by atoms with Crippen LogP contribution in [0, 0.1) is 11.3 Å². The Hall–Kier alpha value is -1.24. The summed E-state index contributed by atoms with van der Waals surface area (Å²) < 4.78 is 0. The molecule has 2 saturated heterocycles. The van der Waals surface area contributed by atoms with Gasteiger partial charge < -0.3 is 10.2 Å². The number of benzene rings is 1. The number of nitrogens with one attached hydrogen (secondary N) is 1. The lowest BCUT2D eigenvalue weighted by molar-refractivity contribution is 0.252. The van der Waals surface area contributed by atoms with Gasteiger partial charge in [0.25, 0.3) is 0 Å². The summed E-state index contributed by atoms with van der Waals surface area (Å²) in [7, 11) is 2.06. The van der Waals surface area contributed by atoms with Gasteiger partial charge in [-0.3, -0.25) is 0 Å². The lowest BCUT2D eigenvalue weighted by Gasteiger charge is -2.50. The van der Waals surface area contributed by atoms with Gasteiger partial charge in [-0.25, -0.2) is 0 Å². The van der Waals surface area contributed by atoms with Crippen molar-refractivity contribution in [3.8, 4) is 6.07 Å². The van der Waals surface area contributed by atoms with E-state index in [0.717, 1.165) is 5.69 Å². The molecule has 1 N–H and O–H groups in total. The molecular formula is C16H20ClN3. The average molecular weight is 290 g/mol. The first-order valence-electron chi connectivity index (χ1n) is 7.38. The molecule has 0 radical (unpaired) electrons. The maximum atomic E-state index is 8.96. The molecule has 0 aliphatic carbocycles. The van der Waals surface area contributed by atoms with E-state index in [1.165, 1.54) is 32.1 Å². The number of hydrogen-bond acceptors (Lipinski definition) is 3. The average Bonchev–Trinajstić information content (AvgIpc) is 2.46. The number of rotatable bonds is 2. The normalized spacial score (nSPS) is 29.1. The zero-order valence-corrected chi connectivity index (χ0v) is 12.5. The van der Waals surface area contributed by atoms with Crippen molar-refractivity contribution in [3.05, 3.63) is 28.8 Å². The molecule has 2 aliphatic rings. The molecule has 0 saturated carbocycles. The quantitative estimate of drug-likeness (QED) is 0.908. The smallest absolute Gasteiger partial charge is 0.0992 e. The van der Waals surface area contributed by atoms with Crippen molar-refractivity contribution in [2.24, 2.45) is 0 Å². The fourth-order valence-electron chi connectivity index (χ4n) is 3.80. The monoisotopic (exact) mass is 289 g/mol. The van der Waals surface area contributed by atoms with Gasteiger partial charge in [-0.1, -0.05) is 11.6 Å². The van der Waals surface area contributed by atoms with Crippen molar-refractivity contribution in [3.63, 3.8) is 0 Å². The van der Waals surface area contributed by atoms with Crippen LogP contribution in [0.1, 0.15) is 37.7 Å². The summed E-state index contributed by atoms with van der Waals surface area (Å²) in [5, 5.41) is 13.1. The van der Waals surface area contributed by atoms with E-state index in [0.29, 0.717) is 28.7 Å². The van der Waals surface area contributed by atoms with E-state index >= 15 is 0 Å². The molecule has 2 heterocycles. The Morgan fingerprint density at radius 2 is 2.00 bits per heavy atom. The van der Waals surface area contributed by atoms with Crippen LogP contribution in [0.2, 0.25) is 5.02 Å². The van der Waals surface area contributed by atoms with E-state index < -0.39 is 0 Å². The van der Waals surface area contributed by atoms with Crippen LogP contribution in [0.25, 0.3) is 0 Å². The molecule has 0 spiro atoms. The summed E-state index contributed by atoms with van der Waals surface area (Å²) in [4.78, 5) is 2.51. The Kier molecular flexibility index (Phi) is 3.87. The number of anilines is 1. The highest BCUT2D eigenvalue weighted by atomic mass is 35.5. The Morgan fingerprint density at radius 3 is 2.55 bits per heavy atom. The number of piperidine rings is 2. The number of halogens is 1. The zero-order valence-electron chi connectivity index (χ0n) is 11.8. The molecular weight excluding hydrogens is 270 g/mol. The summed E-state index contributed by atoms with van der Waals surface area (Å²) in [6.07, 6.45) is 6.17. The molecule has 3 nitrogen and oxygen atoms in total. The molecule has 1 aromatic carbocycles. The van der Waals surface area contributed by atoms with Crippen LogP contribution in [0.5, 0.6) is 0 Å². The van der Waals surface area contributed by atoms with Crippen LogP contribution >= 0.6 is 11.6 Å². The van der Waals surface area contributed by atoms with Gasteiger partial charge in [0.05, 0.1) is 22.3 Å². The van der Waals surface area contributed by atoms with Crippen LogP contribution in [-0.4, -0.2) is 25.2 Å². The molecule has 2 aliphatic heterocycles. The molecule has 1 aromatic rings. The van der Waals surface area contributed by atoms with E-state index in [-0.39, 0.29) is 0 Å². The topological polar surface area (TPSA) is 39.1 Å². The molecule has 3 rings (SSSR count). The Balaban J connectivity index is 1.92. The van der Waals surface area contributed by atoms with E-state index in [2.05, 4.69) is 23.3 Å². The number of fused-ring (bicyclic) bond motifs is 2. The first kappa shape index (κ1) is 13.7. The van der Waals surface area contributed by atoms with Crippen molar-refractivity contribution in [2.75, 3.05) is 11.9 Å². The number of nitriles is 1. The number of hydrogen-bond donors (Lipinski definition) is 1. The fourth-order valence-corrected chi connectivity index (χ4v) is 4.07. The van der Waals surface area contributed by atoms with Gasteiger partial charge in [-0.2, -0.15) is 5.26 Å². The molecule has 4 heteroatoms. The van der Waals surface area contributed by atoms with Crippen LogP contribution in [0.15, 0.2) is 18.2 Å². The van der Waals surface area contributed by atoms with Gasteiger partial charge in [0.15, 0.2) is 0 Å². The minimum absolute atomic E-state index is 0.574. The summed E-state index contributed by atoms with van der Waals surface area (Å²) in [6.45, 7) is 0. The summed E-state index contributed by atoms with van der Waals surface area (Å²) in [5.41, 5.74) is 1.74. The van der Waals surface area contributed by atoms with Gasteiger partial charge in [-0.15, -0.1) is 0 Å². The SMILES string of the molecule is CNC1CC2CCCC(C1)N2c1ccc(C#N)cc1Cl. The predicted octanol–water partition coefficient (Wildman–Crippen LogP) is 3.32. The molecule has 106 valence electrons. The molecule has 2 unspecified atom stereocenters. The van der Waals surface area contributed by atoms with Crippen molar-refractivity contribution in [2.45, 2.75) is 50.2 Å². The lowest BCUT2D eigenvalue weighted by Crippen LogP contribution is -2.56. The highest BCUT2D eigenvalue weighted by Crippen LogP contribution is 2.40. The van der Waals surface area contributed by atoms with Crippen LogP contribution in [0.4, 0.5) is 5.69 Å². The molecule has 2 atom stereocenters. The van der Waals surface area contributed by atoms with Crippen molar-refractivity contribution in [1.29, 1.82) is 5.26 Å². The third-order valence-corrected chi connectivity index (χ3v) is 5.04. The van der Waals surface area contributed by atoms with Gasteiger partial charge in [0, 0.05) is 18.1 Å². The minimum atomic E-state index is 0.574. The highest BCUT2D eigenvalue weighted by molar-refractivity contribution is 6.33. The fraction of sp³-hybridized carbons (Fsp3) is 0.562. The van der Waals surface area contributed by atoms with Crippen molar-refractivity contribution in [1.82, 2.24) is 5.32 Å². The van der Waals surface area contributed by atoms with Crippen LogP contribution < -0.4 is 10.2 Å². The molecule has 2 bridgehead atoms. The van der Waals surface area contributed by atoms with E-state index in [1.807, 2.05) is 12.1 Å². The first-order chi connectivity index (χ1) is 9.72. The largest absolute Gasteiger partial charge is 0.364 e. The van der Waals surface area contributed by atoms with Gasteiger partial charge in [0.1, 0.15) is 0 Å². The van der Waals surface area contributed by atoms with E-state index in [4.69, 9.17) is 16.9 Å². The third-order valence-electron chi connectivity index (χ3n) is 4.74. The molecule has 0 amide bonds. The zero-order chi connectivity index (χ0) is 14.1. The summed E-state index contributed by atoms with van der Waals surface area (Å²) in [5.74, 6) is 0. The predicted molar refractivity (Wildman–Crippen MR) is 82.2 cm³/mol. The highest BCUT2D eigenvalue weighted by Gasteiger charge is 2.38. The molecule has 0 aromatic heterocycles. The second-order valence-electron chi connectivity index (χ2n) is 5.88. The first-order valence-corrected chi connectivity index (χ1v) is 7.76. The lowest BCUT2D eigenvalue weighted by atomic mass is 9.81. The maximum absolute atomic E-state index is 8.96. The minimum Gasteiger partial charge on any atom is -0.364 e. The summed E-state index contributed by atoms with van der Waals surface area (Å²) >= 11 is 6.42. The van der Waals surface area contributed by atoms with E-state index in [1.54, 1.807) is 6.07 Å². The van der Waals surface area contributed by atoms with Gasteiger partial charge in [0.2, 0.25) is 0 Å². The third kappa shape index (κ3) is 2.39. The van der Waals surface area contributed by atoms with Gasteiger partial charge >= 0.3 is 0 Å². The van der Waals surface area contributed by atoms with Crippen LogP contribution in [0.3, 0.4) is 0 Å². The standard InChI is InChI=1S/C16H20ClN3/c1-19-12-8-13-3-2-4-14(9-12)20(13)16-6-5-11(10-18)7-15(16)17/h5-7,12-14,19H,2-4,8-9H2,1H3. The second kappa shape index (κ2) is 5.63.